The first kappa shape index (κ1) is 40.6. The van der Waals surface area contributed by atoms with Crippen LogP contribution in [-0.2, 0) is 4.43 Å². The van der Waals surface area contributed by atoms with Crippen molar-refractivity contribution >= 4 is 22.5 Å². The third-order valence-corrected chi connectivity index (χ3v) is 52.1. The van der Waals surface area contributed by atoms with Gasteiger partial charge in [-0.3, -0.25) is 0 Å². The van der Waals surface area contributed by atoms with E-state index < -0.39 is 22.5 Å². The highest BCUT2D eigenvalue weighted by molar-refractivity contribution is 7.69. The summed E-state index contributed by atoms with van der Waals surface area (Å²) in [5.41, 5.74) is 0. The van der Waals surface area contributed by atoms with Crippen molar-refractivity contribution in [1.82, 2.24) is 0 Å². The SMILES string of the molecule is CCCCCC[Si]1(CCCCCC)CCO[Si](CCCCCC)(CCCCCC)[Si]1(CCCCCC)CCCCCC. The fourth-order valence-electron chi connectivity index (χ4n) is 9.18. The van der Waals surface area contributed by atoms with Crippen LogP contribution in [0.3, 0.4) is 0 Å². The number of rotatable bonds is 30. The Balaban J connectivity index is 3.68. The molecule has 0 atom stereocenters. The highest BCUT2D eigenvalue weighted by atomic mass is 29.6. The molecule has 1 aliphatic heterocycles. The lowest BCUT2D eigenvalue weighted by molar-refractivity contribution is 0.321. The Morgan fingerprint density at radius 1 is 0.357 bits per heavy atom. The predicted octanol–water partition coefficient (Wildman–Crippen LogP) is 14.5. The standard InChI is InChI=1S/C38H82OSi3/c1-7-13-19-25-32-40(33-26-20-14-8-2)38-31-39-41(34-27-21-15-9-3,35-28-22-16-10-4)42(40,36-29-23-17-11-5)37-30-24-18-12-6/h7-38H2,1-6H3. The lowest BCUT2D eigenvalue weighted by atomic mass is 10.2. The van der Waals surface area contributed by atoms with E-state index in [0.29, 0.717) is 0 Å². The summed E-state index contributed by atoms with van der Waals surface area (Å²) in [4.78, 5) is 0. The summed E-state index contributed by atoms with van der Waals surface area (Å²) in [6, 6.07) is 11.6. The van der Waals surface area contributed by atoms with Gasteiger partial charge >= 0.3 is 0 Å². The Hall–Kier alpha value is 0.611. The van der Waals surface area contributed by atoms with E-state index in [-0.39, 0.29) is 0 Å². The second-order valence-electron chi connectivity index (χ2n) is 14.8. The molecule has 1 aliphatic rings. The van der Waals surface area contributed by atoms with Crippen LogP contribution in [0, 0.1) is 0 Å². The van der Waals surface area contributed by atoms with Gasteiger partial charge in [0.25, 0.3) is 0 Å². The molecule has 0 aromatic heterocycles. The predicted molar refractivity (Wildman–Crippen MR) is 202 cm³/mol. The molecule has 1 fully saturated rings. The molecular weight excluding hydrogens is 557 g/mol. The molecule has 0 saturated carbocycles. The number of unbranched alkanes of at least 4 members (excludes halogenated alkanes) is 18. The van der Waals surface area contributed by atoms with E-state index >= 15 is 0 Å². The molecule has 0 N–H and O–H groups in total. The molecule has 0 amide bonds. The van der Waals surface area contributed by atoms with Gasteiger partial charge in [0.1, 0.15) is 0 Å². The molecule has 0 radical (unpaired) electrons. The molecule has 0 aliphatic carbocycles. The third-order valence-electron chi connectivity index (χ3n) is 11.6. The summed E-state index contributed by atoms with van der Waals surface area (Å²) in [5.74, 6) is 0. The molecule has 252 valence electrons. The largest absolute Gasteiger partial charge is 0.420 e. The molecule has 1 heterocycles. The Morgan fingerprint density at radius 3 is 1.00 bits per heavy atom. The number of hydrogen-bond acceptors (Lipinski definition) is 1. The molecule has 1 rings (SSSR count). The first-order valence-corrected chi connectivity index (χ1v) is 29.6. The van der Waals surface area contributed by atoms with E-state index in [2.05, 4.69) is 41.5 Å². The van der Waals surface area contributed by atoms with Crippen LogP contribution in [0.1, 0.15) is 196 Å². The van der Waals surface area contributed by atoms with Gasteiger partial charge in [0.15, 0.2) is 7.83 Å². The molecule has 4 heteroatoms. The highest BCUT2D eigenvalue weighted by Crippen LogP contribution is 2.53. The second kappa shape index (κ2) is 25.8. The monoisotopic (exact) mass is 639 g/mol. The molecule has 0 unspecified atom stereocenters. The van der Waals surface area contributed by atoms with Crippen molar-refractivity contribution in [2.24, 2.45) is 0 Å². The van der Waals surface area contributed by atoms with Crippen LogP contribution in [-0.4, -0.2) is 29.1 Å². The van der Waals surface area contributed by atoms with E-state index in [0.717, 1.165) is 0 Å². The Morgan fingerprint density at radius 2 is 0.667 bits per heavy atom. The zero-order chi connectivity index (χ0) is 30.8. The average Bonchev–Trinajstić information content (AvgIpc) is 3.00. The summed E-state index contributed by atoms with van der Waals surface area (Å²) >= 11 is 0. The van der Waals surface area contributed by atoms with E-state index in [1.54, 1.807) is 68.0 Å². The lowest BCUT2D eigenvalue weighted by Crippen LogP contribution is -2.81. The van der Waals surface area contributed by atoms with Gasteiger partial charge in [-0.25, -0.2) is 0 Å². The maximum absolute atomic E-state index is 7.70. The van der Waals surface area contributed by atoms with Crippen molar-refractivity contribution in [3.05, 3.63) is 0 Å². The average molecular weight is 639 g/mol. The summed E-state index contributed by atoms with van der Waals surface area (Å²) in [7, 11) is -4.66. The molecule has 1 saturated heterocycles. The fraction of sp³-hybridized carbons (Fsp3) is 1.00. The van der Waals surface area contributed by atoms with Crippen molar-refractivity contribution in [3.8, 4) is 0 Å². The van der Waals surface area contributed by atoms with E-state index in [1.165, 1.54) is 135 Å². The minimum atomic E-state index is -1.75. The molecule has 42 heavy (non-hydrogen) atoms. The third kappa shape index (κ3) is 13.5. The van der Waals surface area contributed by atoms with Crippen LogP contribution in [0.5, 0.6) is 0 Å². The van der Waals surface area contributed by atoms with E-state index in [4.69, 9.17) is 4.43 Å². The topological polar surface area (TPSA) is 9.23 Å². The molecule has 0 spiro atoms. The second-order valence-corrected chi connectivity index (χ2v) is 38.5. The van der Waals surface area contributed by atoms with E-state index in [1.807, 2.05) is 0 Å². The van der Waals surface area contributed by atoms with Crippen LogP contribution in [0.4, 0.5) is 0 Å². The summed E-state index contributed by atoms with van der Waals surface area (Å²) in [5, 5.41) is 0. The summed E-state index contributed by atoms with van der Waals surface area (Å²) < 4.78 is 7.70. The Bertz CT molecular complexity index is 521. The zero-order valence-electron chi connectivity index (χ0n) is 30.5. The Kier molecular flexibility index (Phi) is 24.9. The maximum atomic E-state index is 7.70. The minimum absolute atomic E-state index is 1.19. The van der Waals surface area contributed by atoms with Gasteiger partial charge < -0.3 is 4.43 Å². The lowest BCUT2D eigenvalue weighted by Gasteiger charge is -2.62. The van der Waals surface area contributed by atoms with Crippen LogP contribution < -0.4 is 0 Å². The molecule has 0 aromatic rings. The van der Waals surface area contributed by atoms with Crippen molar-refractivity contribution in [3.63, 3.8) is 0 Å². The van der Waals surface area contributed by atoms with Gasteiger partial charge in [-0.2, -0.15) is 0 Å². The van der Waals surface area contributed by atoms with Crippen molar-refractivity contribution in [2.45, 2.75) is 238 Å². The summed E-state index contributed by atoms with van der Waals surface area (Å²) in [6.07, 6.45) is 35.3. The maximum Gasteiger partial charge on any atom is 0.177 e. The zero-order valence-corrected chi connectivity index (χ0v) is 33.5. The van der Waals surface area contributed by atoms with Crippen LogP contribution in [0.25, 0.3) is 0 Å². The molecule has 1 nitrogen and oxygen atoms in total. The van der Waals surface area contributed by atoms with Gasteiger partial charge in [-0.15, -0.1) is 0 Å². The van der Waals surface area contributed by atoms with Gasteiger partial charge in [0.2, 0.25) is 0 Å². The number of hydrogen-bond donors (Lipinski definition) is 0. The van der Waals surface area contributed by atoms with Crippen LogP contribution in [0.15, 0.2) is 0 Å². The van der Waals surface area contributed by atoms with Gasteiger partial charge in [-0.1, -0.05) is 220 Å². The Labute approximate surface area is 270 Å². The van der Waals surface area contributed by atoms with Gasteiger partial charge in [0, 0.05) is 6.61 Å². The van der Waals surface area contributed by atoms with Crippen molar-refractivity contribution < 1.29 is 4.43 Å². The normalized spacial score (nSPS) is 17.6. The first-order chi connectivity index (χ1) is 20.6. The summed E-state index contributed by atoms with van der Waals surface area (Å²) in [6.45, 7) is 15.7. The van der Waals surface area contributed by atoms with Crippen molar-refractivity contribution in [1.29, 1.82) is 0 Å². The highest BCUT2D eigenvalue weighted by Gasteiger charge is 2.67. The van der Waals surface area contributed by atoms with Crippen molar-refractivity contribution in [2.75, 3.05) is 6.61 Å². The van der Waals surface area contributed by atoms with Gasteiger partial charge in [0.05, 0.1) is 14.7 Å². The van der Waals surface area contributed by atoms with E-state index in [9.17, 15) is 0 Å². The molecule has 0 aromatic carbocycles. The first-order valence-electron chi connectivity index (χ1n) is 20.2. The quantitative estimate of drug-likeness (QED) is 0.0562. The van der Waals surface area contributed by atoms with Crippen LogP contribution >= 0.6 is 0 Å². The van der Waals surface area contributed by atoms with Gasteiger partial charge in [-0.05, 0) is 18.1 Å². The molecular formula is C38H82OSi3. The molecule has 0 bridgehead atoms. The van der Waals surface area contributed by atoms with Crippen LogP contribution in [0.2, 0.25) is 42.3 Å². The minimum Gasteiger partial charge on any atom is -0.420 e. The fourth-order valence-corrected chi connectivity index (χ4v) is 59.4. The smallest absolute Gasteiger partial charge is 0.177 e.